The average molecular weight is 213 g/mol. The molecule has 0 aromatic carbocycles. The van der Waals surface area contributed by atoms with Crippen LogP contribution in [0.25, 0.3) is 0 Å². The predicted octanol–water partition coefficient (Wildman–Crippen LogP) is 0.195. The molecule has 4 nitrogen and oxygen atoms in total. The molecule has 0 radical (unpaired) electrons. The van der Waals surface area contributed by atoms with Gasteiger partial charge in [-0.25, -0.2) is 0 Å². The Morgan fingerprint density at radius 3 is 2.80 bits per heavy atom. The normalized spacial score (nSPS) is 25.7. The molecule has 0 bridgehead atoms. The van der Waals surface area contributed by atoms with E-state index in [9.17, 15) is 4.79 Å². The van der Waals surface area contributed by atoms with Gasteiger partial charge in [0.15, 0.2) is 0 Å². The van der Waals surface area contributed by atoms with Crippen LogP contribution in [0.2, 0.25) is 0 Å². The van der Waals surface area contributed by atoms with Crippen LogP contribution < -0.4 is 10.6 Å². The van der Waals surface area contributed by atoms with Gasteiger partial charge in [-0.3, -0.25) is 4.79 Å². The molecule has 1 fully saturated rings. The molecule has 0 spiro atoms. The minimum Gasteiger partial charge on any atom is -0.358 e. The minimum atomic E-state index is -0.0802. The van der Waals surface area contributed by atoms with E-state index in [1.165, 1.54) is 19.4 Å². The molecule has 1 rings (SSSR count). The van der Waals surface area contributed by atoms with Gasteiger partial charge >= 0.3 is 0 Å². The third-order valence-electron chi connectivity index (χ3n) is 3.08. The van der Waals surface area contributed by atoms with E-state index >= 15 is 0 Å². The van der Waals surface area contributed by atoms with E-state index in [1.54, 1.807) is 7.05 Å². The van der Waals surface area contributed by atoms with Crippen LogP contribution in [0.1, 0.15) is 26.2 Å². The van der Waals surface area contributed by atoms with E-state index in [-0.39, 0.29) is 11.9 Å². The summed E-state index contributed by atoms with van der Waals surface area (Å²) in [6.45, 7) is 4.22. The van der Waals surface area contributed by atoms with Gasteiger partial charge < -0.3 is 15.5 Å². The van der Waals surface area contributed by atoms with E-state index in [0.717, 1.165) is 13.0 Å². The quantitative estimate of drug-likeness (QED) is 0.703. The number of hydrogen-bond acceptors (Lipinski definition) is 3. The summed E-state index contributed by atoms with van der Waals surface area (Å²) in [7, 11) is 3.84. The summed E-state index contributed by atoms with van der Waals surface area (Å²) in [4.78, 5) is 13.7. The standard InChI is InChI=1S/C11H23N3O/c1-9(11(15)12-2)13-10-5-4-7-14(3)8-6-10/h9-10,13H,4-8H2,1-3H3,(H,12,15). The van der Waals surface area contributed by atoms with Crippen molar-refractivity contribution < 1.29 is 4.79 Å². The van der Waals surface area contributed by atoms with Gasteiger partial charge in [-0.05, 0) is 46.3 Å². The van der Waals surface area contributed by atoms with Crippen LogP contribution in [-0.4, -0.2) is 50.1 Å². The molecular weight excluding hydrogens is 190 g/mol. The number of rotatable bonds is 3. The summed E-state index contributed by atoms with van der Waals surface area (Å²) in [5.74, 6) is 0.0765. The second-order valence-corrected chi connectivity index (χ2v) is 4.43. The largest absolute Gasteiger partial charge is 0.358 e. The van der Waals surface area contributed by atoms with Gasteiger partial charge in [0.05, 0.1) is 6.04 Å². The Bertz CT molecular complexity index is 208. The number of nitrogens with one attached hydrogen (secondary N) is 2. The van der Waals surface area contributed by atoms with Crippen molar-refractivity contribution in [3.8, 4) is 0 Å². The SMILES string of the molecule is CNC(=O)C(C)NC1CCCN(C)CC1. The zero-order valence-corrected chi connectivity index (χ0v) is 10.0. The lowest BCUT2D eigenvalue weighted by molar-refractivity contribution is -0.122. The molecule has 1 amide bonds. The van der Waals surface area contributed by atoms with Gasteiger partial charge in [-0.1, -0.05) is 0 Å². The number of likely N-dealkylation sites (N-methyl/N-ethyl adjacent to an activating group) is 1. The summed E-state index contributed by atoms with van der Waals surface area (Å²) < 4.78 is 0. The lowest BCUT2D eigenvalue weighted by atomic mass is 10.1. The monoisotopic (exact) mass is 213 g/mol. The maximum atomic E-state index is 11.4. The molecule has 4 heteroatoms. The number of carbonyl (C=O) groups is 1. The summed E-state index contributed by atoms with van der Waals surface area (Å²) in [6.07, 6.45) is 3.53. The van der Waals surface area contributed by atoms with Crippen molar-refractivity contribution in [2.75, 3.05) is 27.2 Å². The van der Waals surface area contributed by atoms with E-state index in [0.29, 0.717) is 6.04 Å². The molecule has 1 aliphatic rings. The second kappa shape index (κ2) is 6.08. The highest BCUT2D eigenvalue weighted by Crippen LogP contribution is 2.10. The summed E-state index contributed by atoms with van der Waals surface area (Å²) in [6, 6.07) is 0.408. The Balaban J connectivity index is 2.34. The Labute approximate surface area is 92.4 Å². The van der Waals surface area contributed by atoms with Crippen LogP contribution in [0.15, 0.2) is 0 Å². The fourth-order valence-corrected chi connectivity index (χ4v) is 2.05. The molecule has 1 saturated heterocycles. The third kappa shape index (κ3) is 4.18. The first-order valence-corrected chi connectivity index (χ1v) is 5.79. The molecule has 88 valence electrons. The average Bonchev–Trinajstić information content (AvgIpc) is 2.42. The Morgan fingerprint density at radius 2 is 2.13 bits per heavy atom. The number of hydrogen-bond donors (Lipinski definition) is 2. The van der Waals surface area contributed by atoms with Gasteiger partial charge in [0.1, 0.15) is 0 Å². The van der Waals surface area contributed by atoms with Gasteiger partial charge in [0.2, 0.25) is 5.91 Å². The fourth-order valence-electron chi connectivity index (χ4n) is 2.05. The van der Waals surface area contributed by atoms with E-state index in [4.69, 9.17) is 0 Å². The molecular formula is C11H23N3O. The van der Waals surface area contributed by atoms with Crippen molar-refractivity contribution in [3.05, 3.63) is 0 Å². The number of likely N-dealkylation sites (tertiary alicyclic amines) is 1. The lowest BCUT2D eigenvalue weighted by Crippen LogP contribution is -2.45. The predicted molar refractivity (Wildman–Crippen MR) is 61.8 cm³/mol. The van der Waals surface area contributed by atoms with E-state index in [1.807, 2.05) is 6.92 Å². The highest BCUT2D eigenvalue weighted by molar-refractivity contribution is 5.80. The molecule has 2 atom stereocenters. The van der Waals surface area contributed by atoms with E-state index in [2.05, 4.69) is 22.6 Å². The van der Waals surface area contributed by atoms with Crippen molar-refractivity contribution in [1.82, 2.24) is 15.5 Å². The first kappa shape index (κ1) is 12.5. The topological polar surface area (TPSA) is 44.4 Å². The molecule has 1 aliphatic heterocycles. The number of carbonyl (C=O) groups excluding carboxylic acids is 1. The van der Waals surface area contributed by atoms with Gasteiger partial charge in [-0.15, -0.1) is 0 Å². The molecule has 2 N–H and O–H groups in total. The van der Waals surface area contributed by atoms with Crippen LogP contribution in [0.3, 0.4) is 0 Å². The smallest absolute Gasteiger partial charge is 0.236 e. The minimum absolute atomic E-state index is 0.0765. The van der Waals surface area contributed by atoms with Crippen LogP contribution >= 0.6 is 0 Å². The molecule has 2 unspecified atom stereocenters. The van der Waals surface area contributed by atoms with Gasteiger partial charge in [0.25, 0.3) is 0 Å². The fraction of sp³-hybridized carbons (Fsp3) is 0.909. The maximum absolute atomic E-state index is 11.4. The van der Waals surface area contributed by atoms with Crippen molar-refractivity contribution >= 4 is 5.91 Å². The molecule has 0 aromatic heterocycles. The van der Waals surface area contributed by atoms with Crippen molar-refractivity contribution in [1.29, 1.82) is 0 Å². The van der Waals surface area contributed by atoms with Crippen molar-refractivity contribution in [3.63, 3.8) is 0 Å². The Hall–Kier alpha value is -0.610. The van der Waals surface area contributed by atoms with Crippen LogP contribution in [0, 0.1) is 0 Å². The third-order valence-corrected chi connectivity index (χ3v) is 3.08. The second-order valence-electron chi connectivity index (χ2n) is 4.43. The summed E-state index contributed by atoms with van der Waals surface area (Å²) in [5, 5.41) is 6.06. The highest BCUT2D eigenvalue weighted by Gasteiger charge is 2.19. The maximum Gasteiger partial charge on any atom is 0.236 e. The zero-order chi connectivity index (χ0) is 11.3. The number of amides is 1. The first-order chi connectivity index (χ1) is 7.13. The van der Waals surface area contributed by atoms with Crippen LogP contribution in [0.4, 0.5) is 0 Å². The molecule has 1 heterocycles. The van der Waals surface area contributed by atoms with Crippen LogP contribution in [0.5, 0.6) is 0 Å². The molecule has 0 aromatic rings. The summed E-state index contributed by atoms with van der Waals surface area (Å²) >= 11 is 0. The van der Waals surface area contributed by atoms with Crippen molar-refractivity contribution in [2.45, 2.75) is 38.3 Å². The van der Waals surface area contributed by atoms with Gasteiger partial charge in [-0.2, -0.15) is 0 Å². The van der Waals surface area contributed by atoms with Crippen LogP contribution in [-0.2, 0) is 4.79 Å². The van der Waals surface area contributed by atoms with Crippen molar-refractivity contribution in [2.24, 2.45) is 0 Å². The molecule has 0 aliphatic carbocycles. The van der Waals surface area contributed by atoms with Gasteiger partial charge in [0, 0.05) is 13.1 Å². The van der Waals surface area contributed by atoms with E-state index < -0.39 is 0 Å². The lowest BCUT2D eigenvalue weighted by Gasteiger charge is -2.21. The first-order valence-electron chi connectivity index (χ1n) is 5.79. The molecule has 0 saturated carbocycles. The zero-order valence-electron chi connectivity index (χ0n) is 10.0. The highest BCUT2D eigenvalue weighted by atomic mass is 16.2. The summed E-state index contributed by atoms with van der Waals surface area (Å²) in [5.41, 5.74) is 0. The Kier molecular flexibility index (Phi) is 5.05. The Morgan fingerprint density at radius 1 is 1.40 bits per heavy atom. The molecule has 15 heavy (non-hydrogen) atoms. The number of nitrogens with zero attached hydrogens (tertiary/aromatic N) is 1.